The van der Waals surface area contributed by atoms with E-state index in [0.717, 1.165) is 5.56 Å². The van der Waals surface area contributed by atoms with E-state index in [4.69, 9.17) is 5.26 Å². The number of aromatic nitrogens is 2. The average Bonchev–Trinajstić information content (AvgIpc) is 2.83. The van der Waals surface area contributed by atoms with Gasteiger partial charge in [-0.3, -0.25) is 9.48 Å². The van der Waals surface area contributed by atoms with E-state index in [0.29, 0.717) is 5.69 Å². The maximum Gasteiger partial charge on any atom is 0.270 e. The molecule has 0 saturated carbocycles. The van der Waals surface area contributed by atoms with Crippen molar-refractivity contribution in [3.63, 3.8) is 0 Å². The molecule has 5 nitrogen and oxygen atoms in total. The summed E-state index contributed by atoms with van der Waals surface area (Å²) >= 11 is 0. The molecular formula is C13H12N4O. The minimum absolute atomic E-state index is 0.314. The molecule has 1 atom stereocenters. The van der Waals surface area contributed by atoms with Crippen molar-refractivity contribution < 1.29 is 4.79 Å². The van der Waals surface area contributed by atoms with E-state index in [1.807, 2.05) is 18.2 Å². The van der Waals surface area contributed by atoms with E-state index in [9.17, 15) is 4.79 Å². The SMILES string of the molecule is Cn1nccc1C(=O)NC(C#N)c1ccccc1. The van der Waals surface area contributed by atoms with Crippen LogP contribution in [0.5, 0.6) is 0 Å². The number of nitrogens with zero attached hydrogens (tertiary/aromatic N) is 3. The van der Waals surface area contributed by atoms with E-state index in [1.54, 1.807) is 31.4 Å². The standard InChI is InChI=1S/C13H12N4O/c1-17-12(7-8-15-17)13(18)16-11(9-14)10-5-3-2-4-6-10/h2-8,11H,1H3,(H,16,18). The lowest BCUT2D eigenvalue weighted by atomic mass is 10.1. The Morgan fingerprint density at radius 3 is 2.67 bits per heavy atom. The molecule has 0 aliphatic carbocycles. The lowest BCUT2D eigenvalue weighted by Gasteiger charge is -2.11. The highest BCUT2D eigenvalue weighted by Crippen LogP contribution is 2.12. The Morgan fingerprint density at radius 2 is 2.11 bits per heavy atom. The molecular weight excluding hydrogens is 228 g/mol. The zero-order valence-electron chi connectivity index (χ0n) is 9.87. The molecule has 2 rings (SSSR count). The Morgan fingerprint density at radius 1 is 1.39 bits per heavy atom. The molecule has 1 unspecified atom stereocenters. The second-order valence-electron chi connectivity index (χ2n) is 3.79. The van der Waals surface area contributed by atoms with Crippen molar-refractivity contribution in [1.82, 2.24) is 15.1 Å². The number of aryl methyl sites for hydroxylation is 1. The molecule has 90 valence electrons. The maximum absolute atomic E-state index is 11.9. The molecule has 0 spiro atoms. The normalized spacial score (nSPS) is 11.6. The van der Waals surface area contributed by atoms with Gasteiger partial charge in [-0.15, -0.1) is 0 Å². The van der Waals surface area contributed by atoms with Gasteiger partial charge in [0.25, 0.3) is 5.91 Å². The number of benzene rings is 1. The molecule has 0 fully saturated rings. The Balaban J connectivity index is 2.16. The Hall–Kier alpha value is -2.61. The highest BCUT2D eigenvalue weighted by molar-refractivity contribution is 5.92. The summed E-state index contributed by atoms with van der Waals surface area (Å²) in [6, 6.07) is 12.1. The van der Waals surface area contributed by atoms with Gasteiger partial charge in [0.2, 0.25) is 0 Å². The van der Waals surface area contributed by atoms with Crippen LogP contribution in [-0.2, 0) is 7.05 Å². The van der Waals surface area contributed by atoms with Crippen LogP contribution in [0.4, 0.5) is 0 Å². The van der Waals surface area contributed by atoms with Crippen LogP contribution in [0.3, 0.4) is 0 Å². The molecule has 0 aliphatic heterocycles. The first-order valence-corrected chi connectivity index (χ1v) is 5.46. The van der Waals surface area contributed by atoms with Crippen molar-refractivity contribution >= 4 is 5.91 Å². The number of rotatable bonds is 3. The van der Waals surface area contributed by atoms with Crippen LogP contribution in [0, 0.1) is 11.3 Å². The van der Waals surface area contributed by atoms with Gasteiger partial charge in [-0.25, -0.2) is 0 Å². The number of hydrogen-bond donors (Lipinski definition) is 1. The van der Waals surface area contributed by atoms with E-state index < -0.39 is 6.04 Å². The van der Waals surface area contributed by atoms with Crippen LogP contribution >= 0.6 is 0 Å². The molecule has 1 amide bonds. The van der Waals surface area contributed by atoms with E-state index >= 15 is 0 Å². The van der Waals surface area contributed by atoms with Gasteiger partial charge in [0.05, 0.1) is 6.07 Å². The van der Waals surface area contributed by atoms with Crippen LogP contribution in [-0.4, -0.2) is 15.7 Å². The lowest BCUT2D eigenvalue weighted by Crippen LogP contribution is -2.29. The lowest BCUT2D eigenvalue weighted by molar-refractivity contribution is 0.0935. The Kier molecular flexibility index (Phi) is 3.39. The molecule has 1 aromatic carbocycles. The molecule has 1 N–H and O–H groups in total. The molecule has 2 aromatic rings. The van der Waals surface area contributed by atoms with Gasteiger partial charge in [0.15, 0.2) is 0 Å². The predicted molar refractivity (Wildman–Crippen MR) is 65.5 cm³/mol. The van der Waals surface area contributed by atoms with Gasteiger partial charge >= 0.3 is 0 Å². The van der Waals surface area contributed by atoms with Gasteiger partial charge < -0.3 is 5.32 Å². The zero-order valence-corrected chi connectivity index (χ0v) is 9.87. The summed E-state index contributed by atoms with van der Waals surface area (Å²) in [5.74, 6) is -0.314. The summed E-state index contributed by atoms with van der Waals surface area (Å²) in [4.78, 5) is 11.9. The first-order valence-electron chi connectivity index (χ1n) is 5.46. The topological polar surface area (TPSA) is 70.7 Å². The minimum Gasteiger partial charge on any atom is -0.331 e. The molecule has 0 aliphatic rings. The highest BCUT2D eigenvalue weighted by atomic mass is 16.2. The minimum atomic E-state index is -0.659. The average molecular weight is 240 g/mol. The largest absolute Gasteiger partial charge is 0.331 e. The van der Waals surface area contributed by atoms with Crippen molar-refractivity contribution in [3.05, 3.63) is 53.9 Å². The Labute approximate surface area is 105 Å². The Bertz CT molecular complexity index is 583. The summed E-state index contributed by atoms with van der Waals surface area (Å²) in [7, 11) is 1.68. The van der Waals surface area contributed by atoms with Crippen molar-refractivity contribution in [2.45, 2.75) is 6.04 Å². The van der Waals surface area contributed by atoms with Gasteiger partial charge in [0.1, 0.15) is 11.7 Å². The number of nitriles is 1. The second kappa shape index (κ2) is 5.15. The zero-order chi connectivity index (χ0) is 13.0. The third kappa shape index (κ3) is 2.38. The third-order valence-electron chi connectivity index (χ3n) is 2.59. The van der Waals surface area contributed by atoms with Gasteiger partial charge in [-0.2, -0.15) is 10.4 Å². The summed E-state index contributed by atoms with van der Waals surface area (Å²) in [6.07, 6.45) is 1.54. The number of amides is 1. The third-order valence-corrected chi connectivity index (χ3v) is 2.59. The number of carbonyl (C=O) groups excluding carboxylic acids is 1. The van der Waals surface area contributed by atoms with Crippen molar-refractivity contribution in [2.75, 3.05) is 0 Å². The van der Waals surface area contributed by atoms with Crippen LogP contribution in [0.2, 0.25) is 0 Å². The van der Waals surface area contributed by atoms with Crippen molar-refractivity contribution in [2.24, 2.45) is 7.05 Å². The van der Waals surface area contributed by atoms with Crippen LogP contribution in [0.25, 0.3) is 0 Å². The first kappa shape index (κ1) is 11.9. The second-order valence-corrected chi connectivity index (χ2v) is 3.79. The molecule has 0 saturated heterocycles. The molecule has 0 radical (unpaired) electrons. The smallest absolute Gasteiger partial charge is 0.270 e. The summed E-state index contributed by atoms with van der Waals surface area (Å²) in [6.45, 7) is 0. The van der Waals surface area contributed by atoms with E-state index in [2.05, 4.69) is 16.5 Å². The highest BCUT2D eigenvalue weighted by Gasteiger charge is 2.16. The molecule has 0 bridgehead atoms. The monoisotopic (exact) mass is 240 g/mol. The van der Waals surface area contributed by atoms with Crippen LogP contribution < -0.4 is 5.32 Å². The van der Waals surface area contributed by atoms with Crippen LogP contribution in [0.15, 0.2) is 42.6 Å². The van der Waals surface area contributed by atoms with Crippen molar-refractivity contribution in [3.8, 4) is 6.07 Å². The van der Waals surface area contributed by atoms with E-state index in [-0.39, 0.29) is 5.91 Å². The van der Waals surface area contributed by atoms with E-state index in [1.165, 1.54) is 4.68 Å². The number of carbonyl (C=O) groups is 1. The number of hydrogen-bond acceptors (Lipinski definition) is 3. The summed E-state index contributed by atoms with van der Waals surface area (Å²) in [5.41, 5.74) is 1.18. The fraction of sp³-hybridized carbons (Fsp3) is 0.154. The summed E-state index contributed by atoms with van der Waals surface area (Å²) < 4.78 is 1.47. The molecule has 1 heterocycles. The van der Waals surface area contributed by atoms with Gasteiger partial charge in [-0.1, -0.05) is 30.3 Å². The predicted octanol–water partition coefficient (Wildman–Crippen LogP) is 1.41. The van der Waals surface area contributed by atoms with Gasteiger partial charge in [0, 0.05) is 13.2 Å². The number of nitrogens with one attached hydrogen (secondary N) is 1. The van der Waals surface area contributed by atoms with Gasteiger partial charge in [-0.05, 0) is 11.6 Å². The summed E-state index contributed by atoms with van der Waals surface area (Å²) in [5, 5.41) is 15.7. The fourth-order valence-electron chi connectivity index (χ4n) is 1.64. The van der Waals surface area contributed by atoms with Crippen molar-refractivity contribution in [1.29, 1.82) is 5.26 Å². The quantitative estimate of drug-likeness (QED) is 0.881. The first-order chi connectivity index (χ1) is 8.72. The fourth-order valence-corrected chi connectivity index (χ4v) is 1.64. The maximum atomic E-state index is 11.9. The molecule has 18 heavy (non-hydrogen) atoms. The molecule has 1 aromatic heterocycles. The molecule has 5 heteroatoms. The van der Waals surface area contributed by atoms with Crippen LogP contribution in [0.1, 0.15) is 22.1 Å².